The summed E-state index contributed by atoms with van der Waals surface area (Å²) in [5.41, 5.74) is 9.65. The third-order valence-corrected chi connectivity index (χ3v) is 7.44. The molecule has 2 fully saturated rings. The zero-order valence-corrected chi connectivity index (χ0v) is 22.2. The number of carboxylic acid groups (broad SMARTS) is 1. The molecule has 0 bridgehead atoms. The van der Waals surface area contributed by atoms with Gasteiger partial charge in [-0.3, -0.25) is 4.79 Å². The van der Waals surface area contributed by atoms with Gasteiger partial charge >= 0.3 is 12.0 Å². The van der Waals surface area contributed by atoms with Crippen molar-refractivity contribution in [2.45, 2.75) is 57.4 Å². The molecular weight excluding hydrogens is 516 g/mol. The van der Waals surface area contributed by atoms with Gasteiger partial charge in [0.25, 0.3) is 0 Å². The van der Waals surface area contributed by atoms with Crippen molar-refractivity contribution in [2.75, 3.05) is 25.4 Å². The molecule has 1 saturated carbocycles. The number of hydrogen-bond donors (Lipinski definition) is 3. The molecule has 2 aliphatic rings. The van der Waals surface area contributed by atoms with Crippen molar-refractivity contribution in [1.82, 2.24) is 45.1 Å². The van der Waals surface area contributed by atoms with Gasteiger partial charge in [0.15, 0.2) is 17.2 Å². The second-order valence-electron chi connectivity index (χ2n) is 10.5. The molecule has 0 aromatic carbocycles. The number of nitrogens with zero attached hydrogens (tertiary/aromatic N) is 8. The lowest BCUT2D eigenvalue weighted by Crippen LogP contribution is -2.45. The van der Waals surface area contributed by atoms with Gasteiger partial charge < -0.3 is 25.6 Å². The molecule has 14 nitrogen and oxygen atoms in total. The second-order valence-corrected chi connectivity index (χ2v) is 10.5. The third kappa shape index (κ3) is 4.69. The summed E-state index contributed by atoms with van der Waals surface area (Å²) in [6.07, 6.45) is 8.54. The number of hydrogen-bond acceptors (Lipinski definition) is 10. The van der Waals surface area contributed by atoms with Crippen molar-refractivity contribution in [2.24, 2.45) is 0 Å². The fourth-order valence-corrected chi connectivity index (χ4v) is 5.18. The average Bonchev–Trinajstić information content (AvgIpc) is 3.58. The van der Waals surface area contributed by atoms with E-state index < -0.39 is 12.5 Å². The molecule has 208 valence electrons. The lowest BCUT2D eigenvalue weighted by atomic mass is 9.91. The summed E-state index contributed by atoms with van der Waals surface area (Å²) in [7, 11) is 0. The Hall–Kier alpha value is -4.62. The minimum Gasteiger partial charge on any atom is -0.480 e. The molecule has 0 radical (unpaired) electrons. The number of amides is 2. The number of rotatable bonds is 7. The first kappa shape index (κ1) is 25.6. The molecular formula is C26H30N10O4. The highest BCUT2D eigenvalue weighted by molar-refractivity contribution is 6.00. The minimum atomic E-state index is -1.07. The van der Waals surface area contributed by atoms with Crippen molar-refractivity contribution < 1.29 is 19.2 Å². The van der Waals surface area contributed by atoms with Gasteiger partial charge in [0, 0.05) is 37.4 Å². The number of carbonyl (C=O) groups is 2. The standard InChI is InChI=1S/C26H30N10O4/c1-13(2)36-25-19(23(27)31-12-32-25)20(33-36)21-18(22(40-34-21)15-3-4-15)24-28-9-16(10-29-24)14-5-7-35(8-6-14)26(39)30-11-17(37)38/h9-10,12-15H,3-8,11H2,1-2H3,(H,30,39)(H,37,38)(H2,27,31,32). The molecule has 0 unspecified atom stereocenters. The molecule has 4 aromatic heterocycles. The zero-order valence-electron chi connectivity index (χ0n) is 22.2. The monoisotopic (exact) mass is 546 g/mol. The fourth-order valence-electron chi connectivity index (χ4n) is 5.18. The van der Waals surface area contributed by atoms with E-state index in [1.165, 1.54) is 6.33 Å². The maximum atomic E-state index is 12.2. The van der Waals surface area contributed by atoms with Crippen LogP contribution in [-0.4, -0.2) is 76.5 Å². The quantitative estimate of drug-likeness (QED) is 0.309. The van der Waals surface area contributed by atoms with E-state index in [2.05, 4.69) is 20.4 Å². The lowest BCUT2D eigenvalue weighted by molar-refractivity contribution is -0.135. The van der Waals surface area contributed by atoms with E-state index >= 15 is 0 Å². The number of carboxylic acids is 1. The first-order valence-corrected chi connectivity index (χ1v) is 13.4. The van der Waals surface area contributed by atoms with Crippen molar-refractivity contribution in [3.05, 3.63) is 30.0 Å². The van der Waals surface area contributed by atoms with Gasteiger partial charge in [0.05, 0.1) is 10.9 Å². The Morgan fingerprint density at radius 2 is 1.80 bits per heavy atom. The predicted molar refractivity (Wildman–Crippen MR) is 143 cm³/mol. The number of anilines is 1. The smallest absolute Gasteiger partial charge is 0.323 e. The fraction of sp³-hybridized carbons (Fsp3) is 0.462. The van der Waals surface area contributed by atoms with E-state index in [1.54, 1.807) is 9.58 Å². The van der Waals surface area contributed by atoms with Gasteiger partial charge in [-0.15, -0.1) is 0 Å². The largest absolute Gasteiger partial charge is 0.480 e. The first-order valence-electron chi connectivity index (χ1n) is 13.4. The maximum absolute atomic E-state index is 12.2. The molecule has 4 N–H and O–H groups in total. The highest BCUT2D eigenvalue weighted by Crippen LogP contribution is 2.48. The van der Waals surface area contributed by atoms with Crippen molar-refractivity contribution in [3.63, 3.8) is 0 Å². The number of carbonyl (C=O) groups excluding carboxylic acids is 1. The van der Waals surface area contributed by atoms with Crippen LogP contribution in [-0.2, 0) is 4.79 Å². The van der Waals surface area contributed by atoms with Gasteiger partial charge in [-0.1, -0.05) is 5.16 Å². The van der Waals surface area contributed by atoms with Crippen LogP contribution in [0.25, 0.3) is 33.8 Å². The van der Waals surface area contributed by atoms with Gasteiger partial charge in [0.2, 0.25) is 0 Å². The number of urea groups is 1. The van der Waals surface area contributed by atoms with Crippen LogP contribution in [0.1, 0.15) is 68.7 Å². The summed E-state index contributed by atoms with van der Waals surface area (Å²) in [4.78, 5) is 42.6. The Bertz CT molecular complexity index is 1570. The van der Waals surface area contributed by atoms with Crippen molar-refractivity contribution >= 4 is 28.9 Å². The number of fused-ring (bicyclic) bond motifs is 1. The van der Waals surface area contributed by atoms with Crippen LogP contribution in [0.3, 0.4) is 0 Å². The Kier molecular flexibility index (Phi) is 6.52. The first-order chi connectivity index (χ1) is 19.3. The summed E-state index contributed by atoms with van der Waals surface area (Å²) < 4.78 is 7.66. The Morgan fingerprint density at radius 1 is 1.07 bits per heavy atom. The van der Waals surface area contributed by atoms with Gasteiger partial charge in [-0.25, -0.2) is 29.4 Å². The Morgan fingerprint density at radius 3 is 2.45 bits per heavy atom. The maximum Gasteiger partial charge on any atom is 0.323 e. The van der Waals surface area contributed by atoms with Crippen molar-refractivity contribution in [3.8, 4) is 22.8 Å². The van der Waals surface area contributed by atoms with Crippen LogP contribution in [0, 0.1) is 0 Å². The van der Waals surface area contributed by atoms with Crippen molar-refractivity contribution in [1.29, 1.82) is 0 Å². The minimum absolute atomic E-state index is 0.0361. The Labute approximate surface area is 229 Å². The summed E-state index contributed by atoms with van der Waals surface area (Å²) in [5, 5.41) is 21.1. The van der Waals surface area contributed by atoms with Gasteiger partial charge in [0.1, 0.15) is 30.1 Å². The number of nitrogens with one attached hydrogen (secondary N) is 1. The average molecular weight is 547 g/mol. The molecule has 4 aromatic rings. The van der Waals surface area contributed by atoms with Crippen LogP contribution < -0.4 is 11.1 Å². The molecule has 0 atom stereocenters. The molecule has 1 aliphatic carbocycles. The van der Waals surface area contributed by atoms with E-state index in [9.17, 15) is 9.59 Å². The summed E-state index contributed by atoms with van der Waals surface area (Å²) >= 11 is 0. The van der Waals surface area contributed by atoms with E-state index in [0.29, 0.717) is 52.7 Å². The summed E-state index contributed by atoms with van der Waals surface area (Å²) in [6, 6.07) is -0.326. The van der Waals surface area contributed by atoms with E-state index in [4.69, 9.17) is 30.4 Å². The van der Waals surface area contributed by atoms with Crippen LogP contribution >= 0.6 is 0 Å². The van der Waals surface area contributed by atoms with E-state index in [1.807, 2.05) is 26.2 Å². The molecule has 40 heavy (non-hydrogen) atoms. The van der Waals surface area contributed by atoms with Gasteiger partial charge in [-0.2, -0.15) is 5.10 Å². The van der Waals surface area contributed by atoms with E-state index in [-0.39, 0.29) is 23.9 Å². The molecule has 1 saturated heterocycles. The number of aromatic nitrogens is 7. The predicted octanol–water partition coefficient (Wildman–Crippen LogP) is 2.95. The molecule has 1 aliphatic heterocycles. The lowest BCUT2D eigenvalue weighted by Gasteiger charge is -2.31. The number of aliphatic carboxylic acids is 1. The second kappa shape index (κ2) is 10.2. The van der Waals surface area contributed by atoms with Crippen LogP contribution in [0.5, 0.6) is 0 Å². The van der Waals surface area contributed by atoms with Crippen LogP contribution in [0.4, 0.5) is 10.6 Å². The van der Waals surface area contributed by atoms with Gasteiger partial charge in [-0.05, 0) is 51.0 Å². The molecule has 5 heterocycles. The number of nitrogen functional groups attached to an aromatic ring is 1. The molecule has 0 spiro atoms. The summed E-state index contributed by atoms with van der Waals surface area (Å²) in [5.74, 6) is 0.919. The normalized spacial score (nSPS) is 16.1. The SMILES string of the molecule is CC(C)n1nc(-c2noc(C3CC3)c2-c2ncc(C3CCN(C(=O)NCC(=O)O)CC3)cn2)c2c(N)ncnc21. The zero-order chi connectivity index (χ0) is 28.0. The third-order valence-electron chi connectivity index (χ3n) is 7.44. The Balaban J connectivity index is 1.29. The molecule has 14 heteroatoms. The number of likely N-dealkylation sites (tertiary alicyclic amines) is 1. The summed E-state index contributed by atoms with van der Waals surface area (Å²) in [6.45, 7) is 4.68. The molecule has 2 amide bonds. The highest BCUT2D eigenvalue weighted by Gasteiger charge is 2.36. The topological polar surface area (TPSA) is 191 Å². The highest BCUT2D eigenvalue weighted by atomic mass is 16.5. The van der Waals surface area contributed by atoms with Crippen LogP contribution in [0.2, 0.25) is 0 Å². The van der Waals surface area contributed by atoms with E-state index in [0.717, 1.165) is 37.0 Å². The van der Waals surface area contributed by atoms with Crippen LogP contribution in [0.15, 0.2) is 23.2 Å². The molecule has 6 rings (SSSR count). The number of nitrogens with two attached hydrogens (primary N) is 1. The number of piperidine rings is 1.